The van der Waals surface area contributed by atoms with E-state index in [1.807, 2.05) is 111 Å². The van der Waals surface area contributed by atoms with E-state index in [9.17, 15) is 9.59 Å². The molecule has 0 fully saturated rings. The maximum Gasteiger partial charge on any atom is 0.339 e. The molecule has 0 saturated carbocycles. The summed E-state index contributed by atoms with van der Waals surface area (Å²) in [6.07, 6.45) is 2.64. The molecule has 0 spiro atoms. The zero-order valence-electron chi connectivity index (χ0n) is 25.9. The topological polar surface area (TPSA) is 71.1 Å². The van der Waals surface area contributed by atoms with Crippen LogP contribution < -0.4 is 9.47 Å². The largest absolute Gasteiger partial charge is 0.457 e. The van der Waals surface area contributed by atoms with Gasteiger partial charge in [-0.25, -0.2) is 9.59 Å². The number of esters is 2. The zero-order valence-corrected chi connectivity index (χ0v) is 25.9. The van der Waals surface area contributed by atoms with Crippen LogP contribution in [0, 0.1) is 0 Å². The van der Waals surface area contributed by atoms with E-state index in [-0.39, 0.29) is 25.2 Å². The van der Waals surface area contributed by atoms with Crippen LogP contribution >= 0.6 is 0 Å². The lowest BCUT2D eigenvalue weighted by Crippen LogP contribution is -2.15. The first kappa shape index (κ1) is 29.4. The normalized spacial score (nSPS) is 12.4. The number of hydrogen-bond donors (Lipinski definition) is 0. The number of para-hydroxylation sites is 2. The summed E-state index contributed by atoms with van der Waals surface area (Å²) in [7, 11) is 0. The van der Waals surface area contributed by atoms with Gasteiger partial charge in [-0.15, -0.1) is 0 Å². The fourth-order valence-electron chi connectivity index (χ4n) is 6.29. The van der Waals surface area contributed by atoms with E-state index in [0.29, 0.717) is 48.3 Å². The highest BCUT2D eigenvalue weighted by molar-refractivity contribution is 5.95. The monoisotopic (exact) mass is 610 g/mol. The predicted molar refractivity (Wildman–Crippen MR) is 175 cm³/mol. The number of aryl methyl sites for hydroxylation is 2. The van der Waals surface area contributed by atoms with Gasteiger partial charge in [0.1, 0.15) is 36.2 Å². The molecule has 0 aromatic heterocycles. The predicted octanol–water partition coefficient (Wildman–Crippen LogP) is 8.92. The van der Waals surface area contributed by atoms with Gasteiger partial charge in [0.05, 0.1) is 11.1 Å². The Kier molecular flexibility index (Phi) is 8.02. The van der Waals surface area contributed by atoms with Crippen LogP contribution in [0.1, 0.15) is 79.1 Å². The summed E-state index contributed by atoms with van der Waals surface area (Å²) in [6, 6.07) is 31.1. The first-order chi connectivity index (χ1) is 22.5. The Bertz CT molecular complexity index is 1810. The van der Waals surface area contributed by atoms with Crippen LogP contribution in [-0.2, 0) is 48.4 Å². The molecule has 5 aromatic rings. The molecule has 2 aliphatic rings. The number of benzene rings is 5. The molecule has 0 radical (unpaired) electrons. The lowest BCUT2D eigenvalue weighted by molar-refractivity contribution is 0.0457. The highest BCUT2D eigenvalue weighted by atomic mass is 16.5. The third-order valence-electron chi connectivity index (χ3n) is 8.76. The number of carbonyl (C=O) groups excluding carboxylic acids is 2. The summed E-state index contributed by atoms with van der Waals surface area (Å²) >= 11 is 0. The third kappa shape index (κ3) is 5.63. The molecule has 7 rings (SSSR count). The maximum absolute atomic E-state index is 13.4. The maximum atomic E-state index is 13.4. The number of carbonyl (C=O) groups is 2. The van der Waals surface area contributed by atoms with Gasteiger partial charge in [0.25, 0.3) is 0 Å². The van der Waals surface area contributed by atoms with Crippen molar-refractivity contribution in [2.45, 2.75) is 52.7 Å². The quantitative estimate of drug-likeness (QED) is 0.160. The second-order valence-electron chi connectivity index (χ2n) is 11.6. The van der Waals surface area contributed by atoms with E-state index in [4.69, 9.17) is 18.9 Å². The average molecular weight is 611 g/mol. The van der Waals surface area contributed by atoms with Gasteiger partial charge in [0, 0.05) is 24.0 Å². The second-order valence-corrected chi connectivity index (χ2v) is 11.6. The molecule has 0 unspecified atom stereocenters. The van der Waals surface area contributed by atoms with Crippen molar-refractivity contribution < 1.29 is 28.5 Å². The van der Waals surface area contributed by atoms with Crippen LogP contribution in [-0.4, -0.2) is 11.9 Å². The van der Waals surface area contributed by atoms with Crippen molar-refractivity contribution >= 4 is 11.9 Å². The molecule has 0 saturated heterocycles. The van der Waals surface area contributed by atoms with Gasteiger partial charge >= 0.3 is 11.9 Å². The van der Waals surface area contributed by atoms with E-state index in [2.05, 4.69) is 0 Å². The minimum Gasteiger partial charge on any atom is -0.457 e. The molecular weight excluding hydrogens is 576 g/mol. The van der Waals surface area contributed by atoms with Crippen LogP contribution in [0.5, 0.6) is 23.0 Å². The highest BCUT2D eigenvalue weighted by Gasteiger charge is 2.27. The second kappa shape index (κ2) is 12.6. The van der Waals surface area contributed by atoms with Gasteiger partial charge in [0.2, 0.25) is 0 Å². The van der Waals surface area contributed by atoms with Crippen LogP contribution in [0.2, 0.25) is 0 Å². The highest BCUT2D eigenvalue weighted by Crippen LogP contribution is 2.41. The Balaban J connectivity index is 1.01. The van der Waals surface area contributed by atoms with Gasteiger partial charge in [0.15, 0.2) is 0 Å². The molecule has 0 aliphatic carbocycles. The Morgan fingerprint density at radius 1 is 0.543 bits per heavy atom. The van der Waals surface area contributed by atoms with Crippen molar-refractivity contribution in [1.82, 2.24) is 0 Å². The Labute approximate surface area is 268 Å². The number of fused-ring (bicyclic) bond motifs is 4. The molecule has 0 atom stereocenters. The molecule has 5 aromatic carbocycles. The van der Waals surface area contributed by atoms with Gasteiger partial charge in [-0.2, -0.15) is 0 Å². The SMILES string of the molecule is CCc1ccc2c(c1C(=O)OCc1ccc(COC(=O)c3c(CC)ccc4c3Cc3ccccc3O4)cc1)Cc1ccccc1O2. The standard InChI is InChI=1S/C40H34O6/c1-3-27-17-19-35-31(21-29-9-5-7-11-33(29)45-35)37(27)39(41)43-23-25-13-15-26(16-14-25)24-44-40(42)38-28(4-2)18-20-36-32(38)22-30-10-6-8-12-34(30)46-36/h5-20H,3-4,21-24H2,1-2H3. The molecule has 6 nitrogen and oxygen atoms in total. The Hall–Kier alpha value is -5.36. The summed E-state index contributed by atoms with van der Waals surface area (Å²) < 4.78 is 23.9. The van der Waals surface area contributed by atoms with Crippen LogP contribution in [0.25, 0.3) is 0 Å². The number of ether oxygens (including phenoxy) is 4. The van der Waals surface area contributed by atoms with Crippen molar-refractivity contribution in [3.63, 3.8) is 0 Å². The minimum absolute atomic E-state index is 0.126. The van der Waals surface area contributed by atoms with Gasteiger partial charge < -0.3 is 18.9 Å². The summed E-state index contributed by atoms with van der Waals surface area (Å²) in [5.74, 6) is 2.30. The van der Waals surface area contributed by atoms with Crippen molar-refractivity contribution in [2.75, 3.05) is 0 Å². The molecule has 6 heteroatoms. The molecule has 2 aliphatic heterocycles. The lowest BCUT2D eigenvalue weighted by Gasteiger charge is -2.23. The summed E-state index contributed by atoms with van der Waals surface area (Å²) in [5, 5.41) is 0. The lowest BCUT2D eigenvalue weighted by atomic mass is 9.91. The third-order valence-corrected chi connectivity index (χ3v) is 8.76. The number of rotatable bonds is 8. The van der Waals surface area contributed by atoms with E-state index in [0.717, 1.165) is 56.0 Å². The Morgan fingerprint density at radius 2 is 0.957 bits per heavy atom. The van der Waals surface area contributed by atoms with Gasteiger partial charge in [-0.3, -0.25) is 0 Å². The summed E-state index contributed by atoms with van der Waals surface area (Å²) in [4.78, 5) is 26.9. The van der Waals surface area contributed by atoms with E-state index >= 15 is 0 Å². The molecule has 0 N–H and O–H groups in total. The van der Waals surface area contributed by atoms with Crippen LogP contribution in [0.3, 0.4) is 0 Å². The van der Waals surface area contributed by atoms with Crippen LogP contribution in [0.15, 0.2) is 97.1 Å². The molecule has 46 heavy (non-hydrogen) atoms. The van der Waals surface area contributed by atoms with Crippen molar-refractivity contribution in [2.24, 2.45) is 0 Å². The van der Waals surface area contributed by atoms with Crippen LogP contribution in [0.4, 0.5) is 0 Å². The minimum atomic E-state index is -0.362. The van der Waals surface area contributed by atoms with E-state index in [1.165, 1.54) is 0 Å². The molecule has 230 valence electrons. The first-order valence-electron chi connectivity index (χ1n) is 15.8. The van der Waals surface area contributed by atoms with Gasteiger partial charge in [-0.1, -0.05) is 86.6 Å². The van der Waals surface area contributed by atoms with Crippen molar-refractivity contribution in [3.05, 3.63) is 153 Å². The van der Waals surface area contributed by atoms with E-state index < -0.39 is 0 Å². The Morgan fingerprint density at radius 3 is 1.37 bits per heavy atom. The molecular formula is C40H34O6. The number of hydrogen-bond acceptors (Lipinski definition) is 6. The molecule has 0 amide bonds. The van der Waals surface area contributed by atoms with Crippen molar-refractivity contribution in [1.29, 1.82) is 0 Å². The first-order valence-corrected chi connectivity index (χ1v) is 15.8. The summed E-state index contributed by atoms with van der Waals surface area (Å²) in [6.45, 7) is 4.31. The molecule has 2 heterocycles. The van der Waals surface area contributed by atoms with E-state index in [1.54, 1.807) is 0 Å². The zero-order chi connectivity index (χ0) is 31.6. The summed E-state index contributed by atoms with van der Waals surface area (Å²) in [5.41, 5.74) is 8.54. The fraction of sp³-hybridized carbons (Fsp3) is 0.200. The smallest absolute Gasteiger partial charge is 0.339 e. The molecule has 0 bridgehead atoms. The average Bonchev–Trinajstić information content (AvgIpc) is 3.10. The van der Waals surface area contributed by atoms with Crippen molar-refractivity contribution in [3.8, 4) is 23.0 Å². The van der Waals surface area contributed by atoms with Gasteiger partial charge in [-0.05, 0) is 70.5 Å². The fourth-order valence-corrected chi connectivity index (χ4v) is 6.29.